The number of aromatic nitrogens is 1. The molecule has 2 heterocycles. The zero-order chi connectivity index (χ0) is 17.4. The molecule has 0 fully saturated rings. The van der Waals surface area contributed by atoms with Gasteiger partial charge in [0.05, 0.1) is 5.52 Å². The lowest BCUT2D eigenvalue weighted by Crippen LogP contribution is -2.21. The van der Waals surface area contributed by atoms with Gasteiger partial charge in [0.1, 0.15) is 0 Å². The van der Waals surface area contributed by atoms with Crippen molar-refractivity contribution in [1.29, 1.82) is 0 Å². The molecule has 0 radical (unpaired) electrons. The lowest BCUT2D eigenvalue weighted by Gasteiger charge is -2.24. The van der Waals surface area contributed by atoms with Gasteiger partial charge < -0.3 is 24.8 Å². The fourth-order valence-electron chi connectivity index (χ4n) is 2.78. The highest BCUT2D eigenvalue weighted by Crippen LogP contribution is 2.53. The number of phenols is 1. The molecule has 4 rings (SSSR count). The van der Waals surface area contributed by atoms with Crippen LogP contribution >= 0.6 is 12.4 Å². The lowest BCUT2D eigenvalue weighted by molar-refractivity contribution is 0.340. The number of pyridine rings is 1. The number of fused-ring (bicyclic) bond motifs is 4. The van der Waals surface area contributed by atoms with Crippen LogP contribution in [-0.4, -0.2) is 42.2 Å². The van der Waals surface area contributed by atoms with Gasteiger partial charge in [0.15, 0.2) is 23.1 Å². The molecule has 2 N–H and O–H groups in total. The number of benzene rings is 2. The molecule has 3 aromatic rings. The van der Waals surface area contributed by atoms with Gasteiger partial charge in [-0.2, -0.15) is 0 Å². The van der Waals surface area contributed by atoms with Gasteiger partial charge in [-0.05, 0) is 38.4 Å². The standard InChI is InChI=1S/C19H19N3O3.ClH/c1-22(2)11-10-20-19-18-16(12-6-3-4-7-13(12)21-19)25-17-14(23)8-5-9-15(17)24-18;/h3-9,23H,10-11H2,1-2H3,(H,20,21);1H. The van der Waals surface area contributed by atoms with E-state index in [1.54, 1.807) is 18.2 Å². The van der Waals surface area contributed by atoms with E-state index in [4.69, 9.17) is 9.47 Å². The van der Waals surface area contributed by atoms with Crippen molar-refractivity contribution in [3.05, 3.63) is 42.5 Å². The van der Waals surface area contributed by atoms with Gasteiger partial charge in [-0.1, -0.05) is 18.2 Å². The molecule has 7 heteroatoms. The Morgan fingerprint density at radius 1 is 1.00 bits per heavy atom. The molecule has 0 atom stereocenters. The minimum absolute atomic E-state index is 0. The van der Waals surface area contributed by atoms with E-state index in [9.17, 15) is 5.11 Å². The minimum atomic E-state index is 0. The number of anilines is 1. The average molecular weight is 374 g/mol. The van der Waals surface area contributed by atoms with Crippen molar-refractivity contribution in [2.75, 3.05) is 32.5 Å². The Hall–Kier alpha value is -2.70. The normalized spacial score (nSPS) is 11.8. The number of ether oxygens (including phenoxy) is 2. The van der Waals surface area contributed by atoms with Crippen LogP contribution in [0.2, 0.25) is 0 Å². The predicted molar refractivity (Wildman–Crippen MR) is 104 cm³/mol. The molecule has 26 heavy (non-hydrogen) atoms. The summed E-state index contributed by atoms with van der Waals surface area (Å²) in [6, 6.07) is 12.8. The van der Waals surface area contributed by atoms with Crippen LogP contribution in [-0.2, 0) is 0 Å². The molecule has 0 aliphatic carbocycles. The number of hydrogen-bond donors (Lipinski definition) is 2. The largest absolute Gasteiger partial charge is 0.504 e. The summed E-state index contributed by atoms with van der Waals surface area (Å²) in [6.45, 7) is 1.59. The van der Waals surface area contributed by atoms with Gasteiger partial charge in [-0.3, -0.25) is 0 Å². The minimum Gasteiger partial charge on any atom is -0.504 e. The molecule has 0 spiro atoms. The Morgan fingerprint density at radius 2 is 1.81 bits per heavy atom. The van der Waals surface area contributed by atoms with Crippen LogP contribution in [0.25, 0.3) is 10.9 Å². The highest BCUT2D eigenvalue weighted by molar-refractivity contribution is 5.92. The number of nitrogens with zero attached hydrogens (tertiary/aromatic N) is 2. The van der Waals surface area contributed by atoms with E-state index in [0.717, 1.165) is 24.0 Å². The van der Waals surface area contributed by atoms with E-state index in [0.29, 0.717) is 28.8 Å². The summed E-state index contributed by atoms with van der Waals surface area (Å²) in [6.07, 6.45) is 0. The smallest absolute Gasteiger partial charge is 0.212 e. The molecule has 1 aliphatic heterocycles. The Morgan fingerprint density at radius 3 is 2.62 bits per heavy atom. The molecule has 136 valence electrons. The van der Waals surface area contributed by atoms with E-state index in [2.05, 4.69) is 15.2 Å². The quantitative estimate of drug-likeness (QED) is 0.558. The third-order valence-electron chi connectivity index (χ3n) is 4.03. The summed E-state index contributed by atoms with van der Waals surface area (Å²) in [7, 11) is 4.03. The molecule has 0 bridgehead atoms. The fraction of sp³-hybridized carbons (Fsp3) is 0.211. The third kappa shape index (κ3) is 3.21. The molecule has 0 amide bonds. The highest BCUT2D eigenvalue weighted by atomic mass is 35.5. The number of para-hydroxylation sites is 2. The van der Waals surface area contributed by atoms with E-state index < -0.39 is 0 Å². The number of rotatable bonds is 4. The zero-order valence-electron chi connectivity index (χ0n) is 14.5. The van der Waals surface area contributed by atoms with Crippen molar-refractivity contribution in [1.82, 2.24) is 9.88 Å². The zero-order valence-corrected chi connectivity index (χ0v) is 15.3. The SMILES string of the molecule is CN(C)CCNc1nc2ccccc2c2c1Oc1cccc(O)c1O2.Cl. The van der Waals surface area contributed by atoms with Crippen molar-refractivity contribution in [2.24, 2.45) is 0 Å². The number of phenolic OH excluding ortho intramolecular Hbond substituents is 1. The first kappa shape index (κ1) is 18.1. The summed E-state index contributed by atoms with van der Waals surface area (Å²) < 4.78 is 12.1. The molecule has 0 saturated carbocycles. The number of halogens is 1. The van der Waals surface area contributed by atoms with Crippen molar-refractivity contribution >= 4 is 29.1 Å². The molecule has 2 aromatic carbocycles. The van der Waals surface area contributed by atoms with Crippen molar-refractivity contribution in [3.63, 3.8) is 0 Å². The summed E-state index contributed by atoms with van der Waals surface area (Å²) in [4.78, 5) is 6.77. The molecule has 1 aliphatic rings. The van der Waals surface area contributed by atoms with Gasteiger partial charge in [-0.25, -0.2) is 4.98 Å². The van der Waals surface area contributed by atoms with E-state index in [1.807, 2.05) is 38.4 Å². The van der Waals surface area contributed by atoms with E-state index >= 15 is 0 Å². The van der Waals surface area contributed by atoms with Crippen molar-refractivity contribution in [3.8, 4) is 28.7 Å². The maximum atomic E-state index is 10.1. The number of aromatic hydroxyl groups is 1. The fourth-order valence-corrected chi connectivity index (χ4v) is 2.78. The molecule has 0 unspecified atom stereocenters. The van der Waals surface area contributed by atoms with Crippen LogP contribution in [0.5, 0.6) is 28.7 Å². The van der Waals surface area contributed by atoms with Crippen LogP contribution in [0, 0.1) is 0 Å². The third-order valence-corrected chi connectivity index (χ3v) is 4.03. The van der Waals surface area contributed by atoms with E-state index in [1.165, 1.54) is 0 Å². The molecule has 1 aromatic heterocycles. The maximum absolute atomic E-state index is 10.1. The lowest BCUT2D eigenvalue weighted by atomic mass is 10.1. The van der Waals surface area contributed by atoms with E-state index in [-0.39, 0.29) is 18.2 Å². The van der Waals surface area contributed by atoms with Crippen LogP contribution in [0.15, 0.2) is 42.5 Å². The first-order valence-corrected chi connectivity index (χ1v) is 8.12. The first-order valence-electron chi connectivity index (χ1n) is 8.12. The Labute approximate surface area is 157 Å². The molecule has 0 saturated heterocycles. The second-order valence-electron chi connectivity index (χ2n) is 6.17. The van der Waals surface area contributed by atoms with Crippen LogP contribution in [0.4, 0.5) is 5.82 Å². The average Bonchev–Trinajstić information content (AvgIpc) is 2.61. The summed E-state index contributed by atoms with van der Waals surface area (Å²) >= 11 is 0. The van der Waals surface area contributed by atoms with Gasteiger partial charge in [0, 0.05) is 18.5 Å². The Bertz CT molecular complexity index is 947. The summed E-state index contributed by atoms with van der Waals surface area (Å²) in [5.41, 5.74) is 0.802. The molecular weight excluding hydrogens is 354 g/mol. The maximum Gasteiger partial charge on any atom is 0.212 e. The van der Waals surface area contributed by atoms with Gasteiger partial charge in [0.2, 0.25) is 11.5 Å². The second-order valence-corrected chi connectivity index (χ2v) is 6.17. The summed E-state index contributed by atoms with van der Waals surface area (Å²) in [5.74, 6) is 2.57. The number of nitrogens with one attached hydrogen (secondary N) is 1. The van der Waals surface area contributed by atoms with Gasteiger partial charge >= 0.3 is 0 Å². The molecule has 6 nitrogen and oxygen atoms in total. The highest BCUT2D eigenvalue weighted by Gasteiger charge is 2.27. The number of hydrogen-bond acceptors (Lipinski definition) is 6. The van der Waals surface area contributed by atoms with Gasteiger partial charge in [-0.15, -0.1) is 12.4 Å². The first-order chi connectivity index (χ1) is 12.1. The van der Waals surface area contributed by atoms with Crippen LogP contribution in [0.3, 0.4) is 0 Å². The Kier molecular flexibility index (Phi) is 5.06. The molecular formula is C19H20ClN3O3. The van der Waals surface area contributed by atoms with Crippen molar-refractivity contribution in [2.45, 2.75) is 0 Å². The Balaban J connectivity index is 0.00000196. The predicted octanol–water partition coefficient (Wildman–Crippen LogP) is 4.23. The second kappa shape index (κ2) is 7.27. The summed E-state index contributed by atoms with van der Waals surface area (Å²) in [5, 5.41) is 14.2. The number of likely N-dealkylation sites (N-methyl/N-ethyl adjacent to an activating group) is 1. The monoisotopic (exact) mass is 373 g/mol. The van der Waals surface area contributed by atoms with Crippen molar-refractivity contribution < 1.29 is 14.6 Å². The topological polar surface area (TPSA) is 66.9 Å². The van der Waals surface area contributed by atoms with Crippen LogP contribution in [0.1, 0.15) is 0 Å². The van der Waals surface area contributed by atoms with Gasteiger partial charge in [0.25, 0.3) is 0 Å². The van der Waals surface area contributed by atoms with Crippen LogP contribution < -0.4 is 14.8 Å².